The summed E-state index contributed by atoms with van der Waals surface area (Å²) in [7, 11) is 3.28. The van der Waals surface area contributed by atoms with Gasteiger partial charge in [0.1, 0.15) is 11.5 Å². The number of benzene rings is 2. The second-order valence-corrected chi connectivity index (χ2v) is 6.62. The molecule has 3 rings (SSSR count). The number of hydrogen-bond acceptors (Lipinski definition) is 3. The van der Waals surface area contributed by atoms with Crippen LogP contribution in [0.1, 0.15) is 30.0 Å². The number of halogens is 1. The maximum Gasteiger partial charge on any atom is 0.247 e. The van der Waals surface area contributed by atoms with Crippen molar-refractivity contribution in [3.63, 3.8) is 0 Å². The number of nitrogens with zero attached hydrogens (tertiary/aromatic N) is 1. The van der Waals surface area contributed by atoms with Gasteiger partial charge in [-0.25, -0.2) is 0 Å². The fourth-order valence-corrected chi connectivity index (χ4v) is 3.42. The Bertz CT molecular complexity index is 801. The van der Waals surface area contributed by atoms with E-state index in [0.717, 1.165) is 42.0 Å². The molecule has 0 radical (unpaired) electrons. The zero-order chi connectivity index (χ0) is 18.5. The van der Waals surface area contributed by atoms with Crippen LogP contribution in [0.3, 0.4) is 0 Å². The Hall–Kier alpha value is -2.46. The predicted octanol–water partition coefficient (Wildman–Crippen LogP) is 4.73. The van der Waals surface area contributed by atoms with E-state index in [4.69, 9.17) is 21.1 Å². The van der Waals surface area contributed by atoms with E-state index in [2.05, 4.69) is 0 Å². The third kappa shape index (κ3) is 4.02. The van der Waals surface area contributed by atoms with E-state index < -0.39 is 0 Å². The van der Waals surface area contributed by atoms with Gasteiger partial charge in [-0.05, 0) is 54.8 Å². The summed E-state index contributed by atoms with van der Waals surface area (Å²) >= 11 is 5.90. The van der Waals surface area contributed by atoms with Crippen LogP contribution in [-0.4, -0.2) is 31.6 Å². The lowest BCUT2D eigenvalue weighted by Crippen LogP contribution is -2.29. The maximum atomic E-state index is 12.8. The van der Waals surface area contributed by atoms with E-state index in [1.807, 2.05) is 53.4 Å². The number of hydrogen-bond donors (Lipinski definition) is 0. The molecule has 4 nitrogen and oxygen atoms in total. The Labute approximate surface area is 159 Å². The van der Waals surface area contributed by atoms with Gasteiger partial charge in [0.05, 0.1) is 20.3 Å². The molecule has 1 heterocycles. The van der Waals surface area contributed by atoms with Crippen LogP contribution in [0.2, 0.25) is 5.02 Å². The third-order valence-electron chi connectivity index (χ3n) is 4.62. The number of carbonyl (C=O) groups is 1. The Balaban J connectivity index is 1.81. The normalized spacial score (nSPS) is 16.9. The number of rotatable bonds is 5. The average molecular weight is 372 g/mol. The molecule has 1 unspecified atom stereocenters. The fourth-order valence-electron chi connectivity index (χ4n) is 3.29. The average Bonchev–Trinajstić information content (AvgIpc) is 3.16. The molecule has 5 heteroatoms. The lowest BCUT2D eigenvalue weighted by Gasteiger charge is -2.25. The standard InChI is InChI=1S/C21H22ClNO3/c1-25-17-10-11-20(26-2)18(14-17)19-4-3-13-23(19)21(24)12-7-15-5-8-16(22)9-6-15/h5-12,14,19H,3-4,13H2,1-2H3. The van der Waals surface area contributed by atoms with Gasteiger partial charge in [0, 0.05) is 23.2 Å². The minimum Gasteiger partial charge on any atom is -0.497 e. The highest BCUT2D eigenvalue weighted by Crippen LogP contribution is 2.39. The van der Waals surface area contributed by atoms with Gasteiger partial charge in [-0.15, -0.1) is 0 Å². The summed E-state index contributed by atoms with van der Waals surface area (Å²) in [6.07, 6.45) is 5.31. The summed E-state index contributed by atoms with van der Waals surface area (Å²) in [6, 6.07) is 13.1. The van der Waals surface area contributed by atoms with Gasteiger partial charge in [0.15, 0.2) is 0 Å². The first-order valence-electron chi connectivity index (χ1n) is 8.58. The van der Waals surface area contributed by atoms with Gasteiger partial charge in [-0.1, -0.05) is 23.7 Å². The van der Waals surface area contributed by atoms with E-state index in [0.29, 0.717) is 5.02 Å². The molecule has 1 fully saturated rings. The Kier molecular flexibility index (Phi) is 5.84. The van der Waals surface area contributed by atoms with E-state index >= 15 is 0 Å². The molecule has 2 aromatic rings. The monoisotopic (exact) mass is 371 g/mol. The fraction of sp³-hybridized carbons (Fsp3) is 0.286. The maximum absolute atomic E-state index is 12.8. The topological polar surface area (TPSA) is 38.8 Å². The second-order valence-electron chi connectivity index (χ2n) is 6.18. The van der Waals surface area contributed by atoms with Gasteiger partial charge >= 0.3 is 0 Å². The molecule has 1 aliphatic heterocycles. The van der Waals surface area contributed by atoms with Gasteiger partial charge in [0.25, 0.3) is 0 Å². The van der Waals surface area contributed by atoms with Crippen LogP contribution in [0.5, 0.6) is 11.5 Å². The lowest BCUT2D eigenvalue weighted by molar-refractivity contribution is -0.126. The van der Waals surface area contributed by atoms with E-state index in [1.54, 1.807) is 20.3 Å². The van der Waals surface area contributed by atoms with E-state index in [9.17, 15) is 4.79 Å². The molecule has 0 aromatic heterocycles. The summed E-state index contributed by atoms with van der Waals surface area (Å²) in [6.45, 7) is 0.731. The molecule has 0 N–H and O–H groups in total. The lowest BCUT2D eigenvalue weighted by atomic mass is 10.0. The predicted molar refractivity (Wildman–Crippen MR) is 104 cm³/mol. The molecule has 1 atom stereocenters. The summed E-state index contributed by atoms with van der Waals surface area (Å²) in [5, 5.41) is 0.679. The van der Waals surface area contributed by atoms with Crippen molar-refractivity contribution in [2.24, 2.45) is 0 Å². The van der Waals surface area contributed by atoms with Crippen molar-refractivity contribution in [1.29, 1.82) is 0 Å². The van der Waals surface area contributed by atoms with Crippen LogP contribution in [0.25, 0.3) is 6.08 Å². The first kappa shape index (κ1) is 18.3. The van der Waals surface area contributed by atoms with Crippen molar-refractivity contribution in [3.8, 4) is 11.5 Å². The van der Waals surface area contributed by atoms with Gasteiger partial charge in [0.2, 0.25) is 5.91 Å². The number of carbonyl (C=O) groups excluding carboxylic acids is 1. The molecule has 0 saturated carbocycles. The highest BCUT2D eigenvalue weighted by atomic mass is 35.5. The molecule has 1 aliphatic rings. The summed E-state index contributed by atoms with van der Waals surface area (Å²) in [5.74, 6) is 1.53. The summed E-state index contributed by atoms with van der Waals surface area (Å²) < 4.78 is 10.8. The van der Waals surface area contributed by atoms with Crippen LogP contribution in [-0.2, 0) is 4.79 Å². The number of likely N-dealkylation sites (tertiary alicyclic amines) is 1. The van der Waals surface area contributed by atoms with Crippen molar-refractivity contribution in [1.82, 2.24) is 4.90 Å². The van der Waals surface area contributed by atoms with E-state index in [1.165, 1.54) is 0 Å². The van der Waals surface area contributed by atoms with Gasteiger partial charge < -0.3 is 14.4 Å². The zero-order valence-corrected chi connectivity index (χ0v) is 15.7. The van der Waals surface area contributed by atoms with Crippen LogP contribution in [0.15, 0.2) is 48.5 Å². The minimum atomic E-state index is -0.0117. The van der Waals surface area contributed by atoms with Crippen LogP contribution in [0.4, 0.5) is 0 Å². The van der Waals surface area contributed by atoms with Crippen molar-refractivity contribution in [2.45, 2.75) is 18.9 Å². The van der Waals surface area contributed by atoms with Gasteiger partial charge in [-0.3, -0.25) is 4.79 Å². The van der Waals surface area contributed by atoms with Crippen molar-refractivity contribution >= 4 is 23.6 Å². The smallest absolute Gasteiger partial charge is 0.247 e. The second kappa shape index (κ2) is 8.28. The van der Waals surface area contributed by atoms with E-state index in [-0.39, 0.29) is 11.9 Å². The molecule has 0 spiro atoms. The molecule has 0 aliphatic carbocycles. The Morgan fingerprint density at radius 3 is 2.62 bits per heavy atom. The molecule has 2 aromatic carbocycles. The van der Waals surface area contributed by atoms with Crippen LogP contribution < -0.4 is 9.47 Å². The molecule has 136 valence electrons. The number of ether oxygens (including phenoxy) is 2. The molecule has 0 bridgehead atoms. The molecule has 1 saturated heterocycles. The highest BCUT2D eigenvalue weighted by molar-refractivity contribution is 6.30. The summed E-state index contributed by atoms with van der Waals surface area (Å²) in [4.78, 5) is 14.7. The molecule has 1 amide bonds. The minimum absolute atomic E-state index is 0.00711. The largest absolute Gasteiger partial charge is 0.497 e. The van der Waals surface area contributed by atoms with Crippen molar-refractivity contribution in [2.75, 3.05) is 20.8 Å². The molecule has 26 heavy (non-hydrogen) atoms. The van der Waals surface area contributed by atoms with Gasteiger partial charge in [-0.2, -0.15) is 0 Å². The Morgan fingerprint density at radius 1 is 1.15 bits per heavy atom. The molecular formula is C21H22ClNO3. The highest BCUT2D eigenvalue weighted by Gasteiger charge is 2.31. The summed E-state index contributed by atoms with van der Waals surface area (Å²) in [5.41, 5.74) is 1.93. The Morgan fingerprint density at radius 2 is 1.92 bits per heavy atom. The zero-order valence-electron chi connectivity index (χ0n) is 14.9. The number of methoxy groups -OCH3 is 2. The molecular weight excluding hydrogens is 350 g/mol. The van der Waals surface area contributed by atoms with Crippen LogP contribution >= 0.6 is 11.6 Å². The van der Waals surface area contributed by atoms with Crippen molar-refractivity contribution < 1.29 is 14.3 Å². The van der Waals surface area contributed by atoms with Crippen molar-refractivity contribution in [3.05, 3.63) is 64.7 Å². The number of amides is 1. The van der Waals surface area contributed by atoms with Crippen LogP contribution in [0, 0.1) is 0 Å². The third-order valence-corrected chi connectivity index (χ3v) is 4.87. The first-order chi connectivity index (χ1) is 12.6. The SMILES string of the molecule is COc1ccc(OC)c(C2CCCN2C(=O)C=Cc2ccc(Cl)cc2)c1. The quantitative estimate of drug-likeness (QED) is 0.713. The first-order valence-corrected chi connectivity index (χ1v) is 8.96.